The average molecular weight is 568 g/mol. The van der Waals surface area contributed by atoms with Crippen molar-refractivity contribution in [1.29, 1.82) is 0 Å². The van der Waals surface area contributed by atoms with Crippen LogP contribution >= 0.6 is 27.3 Å². The number of halogens is 1. The van der Waals surface area contributed by atoms with Crippen molar-refractivity contribution in [3.63, 3.8) is 0 Å². The Balaban J connectivity index is 1.69. The van der Waals surface area contributed by atoms with Crippen molar-refractivity contribution in [2.75, 3.05) is 18.4 Å². The monoisotopic (exact) mass is 566 g/mol. The van der Waals surface area contributed by atoms with Crippen molar-refractivity contribution >= 4 is 59.1 Å². The minimum absolute atomic E-state index is 0.0161. The van der Waals surface area contributed by atoms with Gasteiger partial charge in [0.15, 0.2) is 0 Å². The van der Waals surface area contributed by atoms with E-state index in [1.165, 1.54) is 22.0 Å². The standard InChI is InChI=1S/C23H27BrN4O4S2/c1-13-5-6-18(17(24)8-13)26-19(29)11-27-12-25-22-20(23(27)30)21(16(4)33-22)34(31,32)28-9-14(2)7-15(3)10-28/h5-6,8,12,14-15H,7,9-11H2,1-4H3,(H,26,29). The Bertz CT molecular complexity index is 1420. The summed E-state index contributed by atoms with van der Waals surface area (Å²) in [5, 5.41) is 2.83. The molecule has 0 saturated carbocycles. The highest BCUT2D eigenvalue weighted by molar-refractivity contribution is 9.10. The largest absolute Gasteiger partial charge is 0.324 e. The van der Waals surface area contributed by atoms with Gasteiger partial charge in [0.05, 0.1) is 17.4 Å². The van der Waals surface area contributed by atoms with Gasteiger partial charge < -0.3 is 5.32 Å². The van der Waals surface area contributed by atoms with Gasteiger partial charge in [0, 0.05) is 22.4 Å². The van der Waals surface area contributed by atoms with Gasteiger partial charge >= 0.3 is 0 Å². The molecule has 182 valence electrons. The molecule has 1 aliphatic heterocycles. The maximum atomic E-state index is 13.6. The zero-order valence-corrected chi connectivity index (χ0v) is 22.7. The number of hydrogen-bond donors (Lipinski definition) is 1. The second-order valence-electron chi connectivity index (χ2n) is 9.14. The van der Waals surface area contributed by atoms with Crippen molar-refractivity contribution < 1.29 is 13.2 Å². The molecule has 1 N–H and O–H groups in total. The number of carbonyl (C=O) groups is 1. The molecule has 1 aromatic carbocycles. The highest BCUT2D eigenvalue weighted by atomic mass is 79.9. The van der Waals surface area contributed by atoms with Crippen LogP contribution in [0.15, 0.2) is 38.7 Å². The van der Waals surface area contributed by atoms with Crippen LogP contribution in [0.2, 0.25) is 0 Å². The number of carbonyl (C=O) groups excluding carboxylic acids is 1. The molecule has 8 nitrogen and oxygen atoms in total. The van der Waals surface area contributed by atoms with Crippen molar-refractivity contribution in [1.82, 2.24) is 13.9 Å². The predicted octanol–water partition coefficient (Wildman–Crippen LogP) is 4.14. The van der Waals surface area contributed by atoms with Crippen LogP contribution in [-0.4, -0.2) is 41.3 Å². The summed E-state index contributed by atoms with van der Waals surface area (Å²) in [5.41, 5.74) is 1.08. The van der Waals surface area contributed by atoms with E-state index >= 15 is 0 Å². The van der Waals surface area contributed by atoms with Gasteiger partial charge in [-0.3, -0.25) is 14.2 Å². The lowest BCUT2D eigenvalue weighted by Gasteiger charge is -2.34. The van der Waals surface area contributed by atoms with Crippen LogP contribution in [0.3, 0.4) is 0 Å². The first kappa shape index (κ1) is 25.0. The number of benzene rings is 1. The van der Waals surface area contributed by atoms with E-state index in [1.54, 1.807) is 13.0 Å². The molecule has 34 heavy (non-hydrogen) atoms. The molecular weight excluding hydrogens is 540 g/mol. The maximum absolute atomic E-state index is 13.6. The minimum atomic E-state index is -3.88. The van der Waals surface area contributed by atoms with Gasteiger partial charge in [-0.15, -0.1) is 11.3 Å². The first-order valence-corrected chi connectivity index (χ1v) is 14.1. The number of piperidine rings is 1. The maximum Gasteiger partial charge on any atom is 0.263 e. The second kappa shape index (κ2) is 9.52. The quantitative estimate of drug-likeness (QED) is 0.500. The van der Waals surface area contributed by atoms with E-state index in [0.717, 1.165) is 21.0 Å². The zero-order chi connectivity index (χ0) is 24.8. The lowest BCUT2D eigenvalue weighted by molar-refractivity contribution is -0.116. The molecule has 0 aliphatic carbocycles. The molecule has 1 saturated heterocycles. The van der Waals surface area contributed by atoms with E-state index in [-0.39, 0.29) is 28.7 Å². The number of anilines is 1. The van der Waals surface area contributed by atoms with Crippen LogP contribution < -0.4 is 10.9 Å². The summed E-state index contributed by atoms with van der Waals surface area (Å²) in [6.07, 6.45) is 2.27. The Labute approximate surface area is 211 Å². The van der Waals surface area contributed by atoms with Gasteiger partial charge in [-0.1, -0.05) is 19.9 Å². The summed E-state index contributed by atoms with van der Waals surface area (Å²) in [6.45, 7) is 8.27. The fraction of sp³-hybridized carbons (Fsp3) is 0.435. The molecule has 0 bridgehead atoms. The first-order valence-electron chi connectivity index (χ1n) is 11.0. The van der Waals surface area contributed by atoms with E-state index < -0.39 is 21.5 Å². The number of rotatable bonds is 5. The van der Waals surface area contributed by atoms with E-state index in [1.807, 2.05) is 32.9 Å². The molecule has 3 heterocycles. The van der Waals surface area contributed by atoms with E-state index in [2.05, 4.69) is 26.2 Å². The summed E-state index contributed by atoms with van der Waals surface area (Å²) < 4.78 is 30.7. The number of aryl methyl sites for hydroxylation is 2. The highest BCUT2D eigenvalue weighted by Crippen LogP contribution is 2.35. The van der Waals surface area contributed by atoms with E-state index in [4.69, 9.17) is 0 Å². The third kappa shape index (κ3) is 4.84. The third-order valence-corrected chi connectivity index (χ3v) is 9.75. The lowest BCUT2D eigenvalue weighted by Crippen LogP contribution is -2.42. The number of aromatic nitrogens is 2. The average Bonchev–Trinajstić information content (AvgIpc) is 3.09. The normalized spacial score (nSPS) is 19.4. The Kier molecular flexibility index (Phi) is 7.01. The number of sulfonamides is 1. The predicted molar refractivity (Wildman–Crippen MR) is 138 cm³/mol. The molecule has 4 rings (SSSR count). The SMILES string of the molecule is Cc1ccc(NC(=O)Cn2cnc3sc(C)c(S(=O)(=O)N4CC(C)CC(C)C4)c3c2=O)c(Br)c1. The topological polar surface area (TPSA) is 101 Å². The van der Waals surface area contributed by atoms with Gasteiger partial charge in [-0.2, -0.15) is 4.31 Å². The zero-order valence-electron chi connectivity index (χ0n) is 19.5. The Morgan fingerprint density at radius 3 is 2.56 bits per heavy atom. The van der Waals surface area contributed by atoms with Gasteiger partial charge in [0.1, 0.15) is 16.3 Å². The number of thiophene rings is 1. The van der Waals surface area contributed by atoms with Crippen LogP contribution in [0.25, 0.3) is 10.2 Å². The van der Waals surface area contributed by atoms with Crippen molar-refractivity contribution in [3.8, 4) is 0 Å². The molecule has 0 radical (unpaired) electrons. The Hall–Kier alpha value is -2.08. The molecule has 1 fully saturated rings. The number of hydrogen-bond acceptors (Lipinski definition) is 6. The van der Waals surface area contributed by atoms with Crippen LogP contribution in [-0.2, 0) is 21.4 Å². The van der Waals surface area contributed by atoms with Crippen LogP contribution in [0, 0.1) is 25.7 Å². The number of amides is 1. The molecule has 2 unspecified atom stereocenters. The Morgan fingerprint density at radius 2 is 1.91 bits per heavy atom. The van der Waals surface area contributed by atoms with Gasteiger partial charge in [-0.25, -0.2) is 13.4 Å². The van der Waals surface area contributed by atoms with Crippen LogP contribution in [0.4, 0.5) is 5.69 Å². The summed E-state index contributed by atoms with van der Waals surface area (Å²) in [7, 11) is -3.88. The summed E-state index contributed by atoms with van der Waals surface area (Å²) in [5.74, 6) is 0.0643. The van der Waals surface area contributed by atoms with Gasteiger partial charge in [0.25, 0.3) is 5.56 Å². The fourth-order valence-electron chi connectivity index (χ4n) is 4.53. The van der Waals surface area contributed by atoms with E-state index in [9.17, 15) is 18.0 Å². The van der Waals surface area contributed by atoms with Crippen LogP contribution in [0.1, 0.15) is 30.7 Å². The minimum Gasteiger partial charge on any atom is -0.324 e. The Morgan fingerprint density at radius 1 is 1.24 bits per heavy atom. The highest BCUT2D eigenvalue weighted by Gasteiger charge is 2.35. The summed E-state index contributed by atoms with van der Waals surface area (Å²) in [6, 6.07) is 5.52. The van der Waals surface area contributed by atoms with Crippen LogP contribution in [0.5, 0.6) is 0 Å². The molecule has 2 aromatic heterocycles. The van der Waals surface area contributed by atoms with Gasteiger partial charge in [-0.05, 0) is 65.7 Å². The molecule has 2 atom stereocenters. The lowest BCUT2D eigenvalue weighted by atomic mass is 9.94. The molecule has 11 heteroatoms. The van der Waals surface area contributed by atoms with Crippen molar-refractivity contribution in [3.05, 3.63) is 49.8 Å². The third-order valence-electron chi connectivity index (χ3n) is 5.95. The number of nitrogens with zero attached hydrogens (tertiary/aromatic N) is 3. The molecule has 0 spiro atoms. The number of fused-ring (bicyclic) bond motifs is 1. The second-order valence-corrected chi connectivity index (χ2v) is 13.1. The molecule has 1 amide bonds. The molecule has 3 aromatic rings. The number of nitrogens with one attached hydrogen (secondary N) is 1. The summed E-state index contributed by atoms with van der Waals surface area (Å²) in [4.78, 5) is 31.3. The fourth-order valence-corrected chi connectivity index (χ4v) is 8.47. The smallest absolute Gasteiger partial charge is 0.263 e. The first-order chi connectivity index (χ1) is 16.0. The van der Waals surface area contributed by atoms with Gasteiger partial charge in [0.2, 0.25) is 15.9 Å². The molecule has 1 aliphatic rings. The summed E-state index contributed by atoms with van der Waals surface area (Å²) >= 11 is 4.60. The van der Waals surface area contributed by atoms with Crippen molar-refractivity contribution in [2.24, 2.45) is 11.8 Å². The van der Waals surface area contributed by atoms with Crippen molar-refractivity contribution in [2.45, 2.75) is 45.6 Å². The van der Waals surface area contributed by atoms with E-state index in [0.29, 0.717) is 28.5 Å². The molecular formula is C23H27BrN4O4S2.